The molecule has 7 heteroatoms. The number of benzene rings is 2. The first-order chi connectivity index (χ1) is 12.7. The van der Waals surface area contributed by atoms with Gasteiger partial charge in [0.2, 0.25) is 6.79 Å². The first-order valence-electron chi connectivity index (χ1n) is 8.28. The van der Waals surface area contributed by atoms with E-state index < -0.39 is 0 Å². The Morgan fingerprint density at radius 2 is 2.08 bits per heavy atom. The lowest BCUT2D eigenvalue weighted by Crippen LogP contribution is -2.18. The second kappa shape index (κ2) is 7.55. The molecule has 0 radical (unpaired) electrons. The Bertz CT molecular complexity index is 1020. The highest BCUT2D eigenvalue weighted by atomic mass is 32.2. The number of para-hydroxylation sites is 1. The fourth-order valence-corrected chi connectivity index (χ4v) is 4.32. The van der Waals surface area contributed by atoms with E-state index in [4.69, 9.17) is 9.47 Å². The normalized spacial score (nSPS) is 13.5. The number of fused-ring (bicyclic) bond motifs is 2. The molecule has 0 saturated carbocycles. The van der Waals surface area contributed by atoms with Gasteiger partial charge in [-0.25, -0.2) is 0 Å². The number of nitrogens with zero attached hydrogens (tertiary/aromatic N) is 2. The smallest absolute Gasteiger partial charge is 0.252 e. The summed E-state index contributed by atoms with van der Waals surface area (Å²) in [5, 5.41) is 0. The number of hydrogen-bond donors (Lipinski definition) is 0. The van der Waals surface area contributed by atoms with E-state index in [1.165, 1.54) is 0 Å². The van der Waals surface area contributed by atoms with Gasteiger partial charge in [-0.15, -0.1) is 0 Å². The molecule has 5 nitrogen and oxygen atoms in total. The van der Waals surface area contributed by atoms with Gasteiger partial charge in [-0.2, -0.15) is 16.8 Å². The second-order valence-corrected chi connectivity index (χ2v) is 7.86. The predicted octanol–water partition coefficient (Wildman–Crippen LogP) is 3.46. The number of thioether (sulfide) groups is 1. The molecule has 0 N–H and O–H groups in total. The summed E-state index contributed by atoms with van der Waals surface area (Å²) in [7, 11) is 0. The molecule has 1 aliphatic heterocycles. The number of ether oxygens (including phenoxy) is 2. The van der Waals surface area contributed by atoms with Crippen LogP contribution in [-0.4, -0.2) is 29.3 Å². The maximum atomic E-state index is 12.5. The minimum Gasteiger partial charge on any atom is -0.454 e. The molecule has 134 valence electrons. The molecule has 0 spiro atoms. The van der Waals surface area contributed by atoms with Gasteiger partial charge >= 0.3 is 0 Å². The van der Waals surface area contributed by atoms with Crippen LogP contribution >= 0.6 is 23.1 Å². The third-order valence-corrected chi connectivity index (χ3v) is 5.77. The molecule has 0 bridgehead atoms. The maximum absolute atomic E-state index is 12.5. The van der Waals surface area contributed by atoms with Gasteiger partial charge in [0.15, 0.2) is 16.3 Å². The summed E-state index contributed by atoms with van der Waals surface area (Å²) < 4.78 is 14.0. The van der Waals surface area contributed by atoms with Gasteiger partial charge in [-0.3, -0.25) is 4.79 Å². The van der Waals surface area contributed by atoms with Gasteiger partial charge in [0.05, 0.1) is 16.6 Å². The summed E-state index contributed by atoms with van der Waals surface area (Å²) >= 11 is 3.34. The number of aryl methyl sites for hydroxylation is 1. The third-order valence-electron chi connectivity index (χ3n) is 4.12. The van der Waals surface area contributed by atoms with Crippen LogP contribution in [0.2, 0.25) is 0 Å². The Labute approximate surface area is 159 Å². The van der Waals surface area contributed by atoms with Crippen molar-refractivity contribution < 1.29 is 14.3 Å². The zero-order chi connectivity index (χ0) is 17.9. The van der Waals surface area contributed by atoms with Gasteiger partial charge in [0.1, 0.15) is 0 Å². The van der Waals surface area contributed by atoms with Gasteiger partial charge < -0.3 is 14.0 Å². The molecular weight excluding hydrogens is 368 g/mol. The molecule has 4 rings (SSSR count). The van der Waals surface area contributed by atoms with E-state index in [1.54, 1.807) is 23.1 Å². The first-order valence-corrected chi connectivity index (χ1v) is 10.5. The summed E-state index contributed by atoms with van der Waals surface area (Å²) in [6.45, 7) is 1.07. The molecule has 2 heterocycles. The van der Waals surface area contributed by atoms with Crippen LogP contribution in [0.5, 0.6) is 11.5 Å². The topological polar surface area (TPSA) is 52.8 Å². The monoisotopic (exact) mass is 386 g/mol. The van der Waals surface area contributed by atoms with Crippen molar-refractivity contribution in [2.45, 2.75) is 13.0 Å². The van der Waals surface area contributed by atoms with Gasteiger partial charge in [0, 0.05) is 12.3 Å². The first kappa shape index (κ1) is 17.2. The van der Waals surface area contributed by atoms with Crippen molar-refractivity contribution in [1.29, 1.82) is 0 Å². The molecule has 0 aliphatic carbocycles. The van der Waals surface area contributed by atoms with Crippen molar-refractivity contribution in [2.75, 3.05) is 18.8 Å². The fraction of sp³-hybridized carbons (Fsp3) is 0.263. The van der Waals surface area contributed by atoms with Gasteiger partial charge in [-0.1, -0.05) is 29.5 Å². The van der Waals surface area contributed by atoms with E-state index in [9.17, 15) is 4.79 Å². The van der Waals surface area contributed by atoms with E-state index in [0.29, 0.717) is 5.75 Å². The zero-order valence-corrected chi connectivity index (χ0v) is 15.9. The largest absolute Gasteiger partial charge is 0.454 e. The number of aromatic nitrogens is 1. The van der Waals surface area contributed by atoms with Crippen molar-refractivity contribution >= 4 is 39.2 Å². The van der Waals surface area contributed by atoms with E-state index in [1.807, 2.05) is 30.3 Å². The van der Waals surface area contributed by atoms with Crippen LogP contribution in [0, 0.1) is 0 Å². The van der Waals surface area contributed by atoms with Crippen LogP contribution in [0.4, 0.5) is 0 Å². The third kappa shape index (κ3) is 3.50. The van der Waals surface area contributed by atoms with Crippen molar-refractivity contribution in [3.63, 3.8) is 0 Å². The van der Waals surface area contributed by atoms with Crippen LogP contribution < -0.4 is 14.3 Å². The molecule has 2 aromatic carbocycles. The average molecular weight is 386 g/mol. The Morgan fingerprint density at radius 3 is 2.96 bits per heavy atom. The molecule has 0 atom stereocenters. The number of hydrogen-bond acceptors (Lipinski definition) is 5. The van der Waals surface area contributed by atoms with E-state index >= 15 is 0 Å². The van der Waals surface area contributed by atoms with Gasteiger partial charge in [-0.05, 0) is 36.1 Å². The minimum absolute atomic E-state index is 0.159. The standard InChI is InChI=1S/C19H18N2O3S2/c1-25-9-8-21-14-4-2-3-5-17(14)26-19(21)20-18(22)11-13-6-7-15-16(10-13)24-12-23-15/h2-7,10H,8-9,11-12H2,1H3. The molecule has 0 unspecified atom stereocenters. The summed E-state index contributed by atoms with van der Waals surface area (Å²) in [5.74, 6) is 2.22. The molecule has 3 aromatic rings. The maximum Gasteiger partial charge on any atom is 0.252 e. The molecule has 26 heavy (non-hydrogen) atoms. The van der Waals surface area contributed by atoms with Crippen LogP contribution in [0.25, 0.3) is 10.2 Å². The Kier molecular flexibility index (Phi) is 4.99. The lowest BCUT2D eigenvalue weighted by Gasteiger charge is -2.03. The number of carbonyl (C=O) groups excluding carboxylic acids is 1. The van der Waals surface area contributed by atoms with Crippen molar-refractivity contribution in [1.82, 2.24) is 4.57 Å². The van der Waals surface area contributed by atoms with Crippen LogP contribution in [-0.2, 0) is 17.8 Å². The van der Waals surface area contributed by atoms with E-state index in [2.05, 4.69) is 27.9 Å². The molecule has 1 aromatic heterocycles. The number of carbonyl (C=O) groups is 1. The summed E-state index contributed by atoms with van der Waals surface area (Å²) in [6, 6.07) is 13.7. The lowest BCUT2D eigenvalue weighted by atomic mass is 10.1. The Balaban J connectivity index is 1.63. The molecular formula is C19H18N2O3S2. The fourth-order valence-electron chi connectivity index (χ4n) is 2.88. The quantitative estimate of drug-likeness (QED) is 0.674. The molecule has 1 amide bonds. The molecule has 1 aliphatic rings. The van der Waals surface area contributed by atoms with Crippen molar-refractivity contribution in [3.8, 4) is 11.5 Å². The van der Waals surface area contributed by atoms with E-state index in [-0.39, 0.29) is 19.1 Å². The lowest BCUT2D eigenvalue weighted by molar-refractivity contribution is -0.117. The summed E-state index contributed by atoms with van der Waals surface area (Å²) in [5.41, 5.74) is 2.00. The Morgan fingerprint density at radius 1 is 1.23 bits per heavy atom. The SMILES string of the molecule is CSCCn1c(=NC(=O)Cc2ccc3c(c2)OCO3)sc2ccccc21. The predicted molar refractivity (Wildman–Crippen MR) is 105 cm³/mol. The van der Waals surface area contributed by atoms with E-state index in [0.717, 1.165) is 38.6 Å². The van der Waals surface area contributed by atoms with Crippen molar-refractivity contribution in [2.24, 2.45) is 4.99 Å². The number of thiazole rings is 1. The molecule has 0 saturated heterocycles. The number of rotatable bonds is 5. The van der Waals surface area contributed by atoms with Gasteiger partial charge in [0.25, 0.3) is 5.91 Å². The van der Waals surface area contributed by atoms with Crippen LogP contribution in [0.1, 0.15) is 5.56 Å². The van der Waals surface area contributed by atoms with Crippen molar-refractivity contribution in [3.05, 3.63) is 52.8 Å². The van der Waals surface area contributed by atoms with Crippen LogP contribution in [0.15, 0.2) is 47.5 Å². The van der Waals surface area contributed by atoms with Crippen LogP contribution in [0.3, 0.4) is 0 Å². The Hall–Kier alpha value is -2.25. The summed E-state index contributed by atoms with van der Waals surface area (Å²) in [6.07, 6.45) is 2.32. The highest BCUT2D eigenvalue weighted by Gasteiger charge is 2.14. The number of amides is 1. The highest BCUT2D eigenvalue weighted by Crippen LogP contribution is 2.32. The second-order valence-electron chi connectivity index (χ2n) is 5.87. The average Bonchev–Trinajstić information content (AvgIpc) is 3.23. The minimum atomic E-state index is -0.159. The highest BCUT2D eigenvalue weighted by molar-refractivity contribution is 7.98. The zero-order valence-electron chi connectivity index (χ0n) is 14.3. The molecule has 0 fully saturated rings. The summed E-state index contributed by atoms with van der Waals surface area (Å²) in [4.78, 5) is 17.7.